The average molecular weight is 503 g/mol. The number of rotatable bonds is 22. The monoisotopic (exact) mass is 502 g/mol. The van der Waals surface area contributed by atoms with Crippen LogP contribution in [-0.4, -0.2) is 83.3 Å². The van der Waals surface area contributed by atoms with Crippen molar-refractivity contribution >= 4 is 29.7 Å². The molecule has 0 rings (SSSR count). The first-order chi connectivity index (χ1) is 16.3. The van der Waals surface area contributed by atoms with Crippen molar-refractivity contribution in [2.75, 3.05) is 27.7 Å². The van der Waals surface area contributed by atoms with Crippen molar-refractivity contribution in [2.45, 2.75) is 96.0 Å². The number of Topliss-reactive ketones (excluding diaryl/α,β-unsaturated/α-hetero) is 1. The van der Waals surface area contributed by atoms with Crippen molar-refractivity contribution in [3.63, 3.8) is 0 Å². The van der Waals surface area contributed by atoms with Crippen LogP contribution in [0, 0.1) is 5.92 Å². The van der Waals surface area contributed by atoms with Crippen LogP contribution in [0.3, 0.4) is 0 Å². The Hall–Kier alpha value is -2.49. The largest absolute Gasteiger partial charge is 0.481 e. The molecule has 0 aromatic carbocycles. The number of quaternary nitrogens is 1. The zero-order valence-corrected chi connectivity index (χ0v) is 21.5. The van der Waals surface area contributed by atoms with E-state index in [1.165, 1.54) is 0 Å². The number of hydrogen-bond donors (Lipinski definition) is 3. The molecule has 2 unspecified atom stereocenters. The molecular weight excluding hydrogens is 458 g/mol. The first-order valence-corrected chi connectivity index (χ1v) is 12.5. The van der Waals surface area contributed by atoms with E-state index in [-0.39, 0.29) is 37.9 Å². The molecule has 10 nitrogen and oxygen atoms in total. The zero-order valence-electron chi connectivity index (χ0n) is 21.5. The van der Waals surface area contributed by atoms with Crippen LogP contribution in [0.2, 0.25) is 0 Å². The topological polar surface area (TPSA) is 155 Å². The van der Waals surface area contributed by atoms with Crippen LogP contribution in [0.15, 0.2) is 0 Å². The summed E-state index contributed by atoms with van der Waals surface area (Å²) in [4.78, 5) is 57.3. The number of carbonyl (C=O) groups is 5. The van der Waals surface area contributed by atoms with Gasteiger partial charge in [0.25, 0.3) is 0 Å². The van der Waals surface area contributed by atoms with Crippen LogP contribution in [0.1, 0.15) is 89.9 Å². The van der Waals surface area contributed by atoms with E-state index in [4.69, 9.17) is 14.9 Å². The van der Waals surface area contributed by atoms with E-state index >= 15 is 0 Å². The molecule has 0 amide bonds. The Morgan fingerprint density at radius 3 is 1.71 bits per heavy atom. The smallest absolute Gasteiger partial charge is 0.314 e. The Morgan fingerprint density at radius 1 is 0.686 bits per heavy atom. The van der Waals surface area contributed by atoms with Gasteiger partial charge in [0, 0.05) is 19.3 Å². The van der Waals surface area contributed by atoms with E-state index in [2.05, 4.69) is 0 Å². The summed E-state index contributed by atoms with van der Waals surface area (Å²) in [6.45, 7) is 0.396. The van der Waals surface area contributed by atoms with Gasteiger partial charge >= 0.3 is 23.9 Å². The number of unbranched alkanes of at least 4 members (excludes halogenated alkanes) is 7. The fraction of sp³-hybridized carbons (Fsp3) is 0.800. The molecule has 2 atom stereocenters. The van der Waals surface area contributed by atoms with Crippen LogP contribution in [-0.2, 0) is 28.7 Å². The first-order valence-electron chi connectivity index (χ1n) is 12.5. The van der Waals surface area contributed by atoms with Crippen LogP contribution < -0.4 is 0 Å². The van der Waals surface area contributed by atoms with Crippen molar-refractivity contribution in [2.24, 2.45) is 5.92 Å². The average Bonchev–Trinajstić information content (AvgIpc) is 2.69. The summed E-state index contributed by atoms with van der Waals surface area (Å²) in [6.07, 6.45) is 5.95. The van der Waals surface area contributed by atoms with Gasteiger partial charge in [0.15, 0.2) is 6.10 Å². The lowest BCUT2D eigenvalue weighted by Crippen LogP contribution is -2.43. The molecule has 35 heavy (non-hydrogen) atoms. The highest BCUT2D eigenvalue weighted by molar-refractivity contribution is 5.98. The van der Waals surface area contributed by atoms with Crippen molar-refractivity contribution in [3.05, 3.63) is 0 Å². The molecule has 0 aromatic rings. The van der Waals surface area contributed by atoms with Gasteiger partial charge in [-0.3, -0.25) is 24.0 Å². The fourth-order valence-electron chi connectivity index (χ4n) is 3.87. The number of esters is 1. The number of ether oxygens (including phenoxy) is 1. The van der Waals surface area contributed by atoms with Gasteiger partial charge in [-0.2, -0.15) is 0 Å². The van der Waals surface area contributed by atoms with Crippen molar-refractivity contribution < 1.29 is 48.5 Å². The molecule has 0 saturated heterocycles. The summed E-state index contributed by atoms with van der Waals surface area (Å²) in [5.41, 5.74) is 0. The van der Waals surface area contributed by atoms with Gasteiger partial charge in [0.1, 0.15) is 18.2 Å². The molecule has 0 aliphatic rings. The number of aliphatic carboxylic acids is 3. The van der Waals surface area contributed by atoms with Crippen LogP contribution in [0.4, 0.5) is 0 Å². The molecule has 0 heterocycles. The third-order valence-electron chi connectivity index (χ3n) is 5.58. The van der Waals surface area contributed by atoms with E-state index in [9.17, 15) is 29.1 Å². The van der Waals surface area contributed by atoms with Crippen LogP contribution >= 0.6 is 0 Å². The van der Waals surface area contributed by atoms with Gasteiger partial charge in [-0.05, 0) is 25.7 Å². The lowest BCUT2D eigenvalue weighted by atomic mass is 9.93. The van der Waals surface area contributed by atoms with Crippen molar-refractivity contribution in [1.82, 2.24) is 0 Å². The Balaban J connectivity index is 4.14. The summed E-state index contributed by atoms with van der Waals surface area (Å²) in [5, 5.41) is 27.0. The molecule has 0 aromatic heterocycles. The maximum absolute atomic E-state index is 12.3. The Bertz CT molecular complexity index is 685. The summed E-state index contributed by atoms with van der Waals surface area (Å²) < 4.78 is 5.81. The number of hydrogen-bond acceptors (Lipinski definition) is 6. The summed E-state index contributed by atoms with van der Waals surface area (Å²) >= 11 is 0. The summed E-state index contributed by atoms with van der Waals surface area (Å²) in [7, 11) is 5.68. The number of carboxylic acid groups (broad SMARTS) is 3. The molecule has 0 radical (unpaired) electrons. The standard InChI is InChI=1S/C25H43NO9/c1-26(2,3)18-19(17-23(30)31)35-24(32)16-12-8-7-9-13-20(25(33)34)21(27)14-10-5-4-6-11-15-22(28)29/h19-20H,4-18H2,1-3H3,(H2-,28,29,30,31,33,34)/p+1. The highest BCUT2D eigenvalue weighted by Gasteiger charge is 2.26. The van der Waals surface area contributed by atoms with E-state index in [0.29, 0.717) is 49.6 Å². The Kier molecular flexibility index (Phi) is 16.6. The highest BCUT2D eigenvalue weighted by Crippen LogP contribution is 2.17. The van der Waals surface area contributed by atoms with Crippen molar-refractivity contribution in [3.8, 4) is 0 Å². The second-order valence-electron chi connectivity index (χ2n) is 10.2. The fourth-order valence-corrected chi connectivity index (χ4v) is 3.87. The van der Waals surface area contributed by atoms with Crippen LogP contribution in [0.5, 0.6) is 0 Å². The minimum absolute atomic E-state index is 0.142. The van der Waals surface area contributed by atoms with E-state index in [1.807, 2.05) is 21.1 Å². The molecule has 0 fully saturated rings. The van der Waals surface area contributed by atoms with Gasteiger partial charge in [-0.15, -0.1) is 0 Å². The molecule has 10 heteroatoms. The minimum Gasteiger partial charge on any atom is -0.481 e. The minimum atomic E-state index is -1.11. The molecule has 0 saturated carbocycles. The van der Waals surface area contributed by atoms with Gasteiger partial charge in [-0.25, -0.2) is 0 Å². The number of likely N-dealkylation sites (N-methyl/N-ethyl adjacent to an activating group) is 1. The summed E-state index contributed by atoms with van der Waals surface area (Å²) in [6, 6.07) is 0. The van der Waals surface area contributed by atoms with Gasteiger partial charge in [-0.1, -0.05) is 38.5 Å². The Labute approximate surface area is 208 Å². The second-order valence-corrected chi connectivity index (χ2v) is 10.2. The lowest BCUT2D eigenvalue weighted by Gasteiger charge is -2.28. The molecule has 0 aliphatic carbocycles. The lowest BCUT2D eigenvalue weighted by molar-refractivity contribution is -0.873. The number of carboxylic acids is 3. The van der Waals surface area contributed by atoms with E-state index in [0.717, 1.165) is 19.3 Å². The van der Waals surface area contributed by atoms with E-state index < -0.39 is 35.9 Å². The predicted molar refractivity (Wildman–Crippen MR) is 129 cm³/mol. The number of carbonyl (C=O) groups excluding carboxylic acids is 2. The SMILES string of the molecule is C[N+](C)(C)CC(CC(=O)O)OC(=O)CCCCCCC(C(=O)O)C(=O)CCCCCCCC(=O)O. The van der Waals surface area contributed by atoms with Crippen LogP contribution in [0.25, 0.3) is 0 Å². The number of nitrogens with zero attached hydrogens (tertiary/aromatic N) is 1. The number of ketones is 1. The maximum Gasteiger partial charge on any atom is 0.314 e. The van der Waals surface area contributed by atoms with Gasteiger partial charge in [0.2, 0.25) is 0 Å². The molecular formula is C25H44NO9+. The third kappa shape index (κ3) is 19.5. The third-order valence-corrected chi connectivity index (χ3v) is 5.58. The first kappa shape index (κ1) is 32.5. The second kappa shape index (κ2) is 17.9. The quantitative estimate of drug-likeness (QED) is 0.0872. The predicted octanol–water partition coefficient (Wildman–Crippen LogP) is 3.50. The van der Waals surface area contributed by atoms with Gasteiger partial charge in [0.05, 0.1) is 27.6 Å². The molecule has 0 aliphatic heterocycles. The summed E-state index contributed by atoms with van der Waals surface area (Å²) in [5.74, 6) is -4.67. The normalized spacial score (nSPS) is 13.1. The highest BCUT2D eigenvalue weighted by atomic mass is 16.5. The molecule has 202 valence electrons. The zero-order chi connectivity index (χ0) is 26.9. The Morgan fingerprint density at radius 2 is 1.20 bits per heavy atom. The van der Waals surface area contributed by atoms with Gasteiger partial charge < -0.3 is 24.5 Å². The molecule has 3 N–H and O–H groups in total. The van der Waals surface area contributed by atoms with Crippen molar-refractivity contribution in [1.29, 1.82) is 0 Å². The molecule has 0 bridgehead atoms. The maximum atomic E-state index is 12.3. The molecule has 0 spiro atoms. The van der Waals surface area contributed by atoms with E-state index in [1.54, 1.807) is 0 Å².